The molecule has 2 N–H and O–H groups in total. The van der Waals surface area contributed by atoms with Crippen molar-refractivity contribution in [3.8, 4) is 5.75 Å². The first kappa shape index (κ1) is 21.0. The van der Waals surface area contributed by atoms with Crippen molar-refractivity contribution in [1.82, 2.24) is 4.90 Å². The molecule has 0 saturated heterocycles. The van der Waals surface area contributed by atoms with E-state index in [2.05, 4.69) is 10.6 Å². The van der Waals surface area contributed by atoms with E-state index in [1.54, 1.807) is 31.3 Å². The first-order chi connectivity index (χ1) is 14.0. The molecule has 3 rings (SSSR count). The van der Waals surface area contributed by atoms with Crippen LogP contribution in [0.4, 0.5) is 11.4 Å². The van der Waals surface area contributed by atoms with Gasteiger partial charge in [0.25, 0.3) is 0 Å². The molecule has 1 aliphatic rings. The number of rotatable bonds is 8. The fourth-order valence-corrected chi connectivity index (χ4v) is 3.43. The maximum absolute atomic E-state index is 12.4. The number of carbonyl (C=O) groups excluding carboxylic acids is 2. The smallest absolute Gasteiger partial charge is 0.244 e. The van der Waals surface area contributed by atoms with Crippen molar-refractivity contribution < 1.29 is 14.3 Å². The minimum absolute atomic E-state index is 0.0590. The highest BCUT2D eigenvalue weighted by atomic mass is 35.5. The van der Waals surface area contributed by atoms with Gasteiger partial charge in [-0.05, 0) is 49.9 Å². The lowest BCUT2D eigenvalue weighted by atomic mass is 10.2. The van der Waals surface area contributed by atoms with Gasteiger partial charge in [0.1, 0.15) is 5.75 Å². The molecule has 0 aliphatic heterocycles. The molecule has 1 fully saturated rings. The minimum Gasteiger partial charge on any atom is -0.490 e. The summed E-state index contributed by atoms with van der Waals surface area (Å²) in [5.74, 6) is 0.309. The van der Waals surface area contributed by atoms with Gasteiger partial charge in [0, 0.05) is 18.8 Å². The van der Waals surface area contributed by atoms with Gasteiger partial charge in [-0.2, -0.15) is 0 Å². The van der Waals surface area contributed by atoms with Crippen molar-refractivity contribution in [2.24, 2.45) is 0 Å². The Morgan fingerprint density at radius 2 is 1.90 bits per heavy atom. The number of halogens is 1. The van der Waals surface area contributed by atoms with Crippen molar-refractivity contribution in [3.63, 3.8) is 0 Å². The van der Waals surface area contributed by atoms with Crippen molar-refractivity contribution in [2.45, 2.75) is 31.8 Å². The number of ether oxygens (including phenoxy) is 1. The maximum Gasteiger partial charge on any atom is 0.244 e. The van der Waals surface area contributed by atoms with Gasteiger partial charge in [-0.1, -0.05) is 29.8 Å². The van der Waals surface area contributed by atoms with Crippen LogP contribution in [-0.4, -0.2) is 43.0 Å². The summed E-state index contributed by atoms with van der Waals surface area (Å²) < 4.78 is 5.99. The summed E-state index contributed by atoms with van der Waals surface area (Å²) in [7, 11) is 1.59. The van der Waals surface area contributed by atoms with Crippen LogP contribution >= 0.6 is 11.6 Å². The van der Waals surface area contributed by atoms with Crippen LogP contribution in [0.2, 0.25) is 5.02 Å². The fraction of sp³-hybridized carbons (Fsp3) is 0.364. The number of anilines is 2. The van der Waals surface area contributed by atoms with Gasteiger partial charge in [0.05, 0.1) is 29.9 Å². The van der Waals surface area contributed by atoms with Gasteiger partial charge in [0.2, 0.25) is 11.8 Å². The molecular weight excluding hydrogens is 390 g/mol. The number of nitrogens with one attached hydrogen (secondary N) is 2. The SMILES string of the molecule is CN(CC(=O)Nc1ccccc1Cl)C(=O)CNc1cccc(OC2CCCC2)c1. The topological polar surface area (TPSA) is 70.7 Å². The van der Waals surface area contributed by atoms with Crippen LogP contribution in [0.25, 0.3) is 0 Å². The number of benzene rings is 2. The Bertz CT molecular complexity index is 853. The van der Waals surface area contributed by atoms with Gasteiger partial charge < -0.3 is 20.3 Å². The molecule has 1 saturated carbocycles. The number of likely N-dealkylation sites (N-methyl/N-ethyl adjacent to an activating group) is 1. The zero-order valence-corrected chi connectivity index (χ0v) is 17.2. The second kappa shape index (κ2) is 10.2. The first-order valence-corrected chi connectivity index (χ1v) is 10.2. The van der Waals surface area contributed by atoms with Gasteiger partial charge >= 0.3 is 0 Å². The molecule has 0 radical (unpaired) electrons. The molecule has 29 heavy (non-hydrogen) atoms. The molecule has 0 unspecified atom stereocenters. The molecule has 0 spiro atoms. The van der Waals surface area contributed by atoms with Crippen LogP contribution in [0.1, 0.15) is 25.7 Å². The van der Waals surface area contributed by atoms with Crippen molar-refractivity contribution in [2.75, 3.05) is 30.8 Å². The van der Waals surface area contributed by atoms with E-state index in [0.717, 1.165) is 24.3 Å². The number of nitrogens with zero attached hydrogens (tertiary/aromatic N) is 1. The summed E-state index contributed by atoms with van der Waals surface area (Å²) in [5.41, 5.74) is 1.33. The second-order valence-electron chi connectivity index (χ2n) is 7.18. The number of hydrogen-bond donors (Lipinski definition) is 2. The molecule has 0 aromatic heterocycles. The third-order valence-electron chi connectivity index (χ3n) is 4.84. The van der Waals surface area contributed by atoms with E-state index >= 15 is 0 Å². The highest BCUT2D eigenvalue weighted by Crippen LogP contribution is 2.25. The minimum atomic E-state index is -0.305. The summed E-state index contributed by atoms with van der Waals surface area (Å²) in [6.45, 7) is 0.0271. The largest absolute Gasteiger partial charge is 0.490 e. The fourth-order valence-electron chi connectivity index (χ4n) is 3.25. The zero-order valence-electron chi connectivity index (χ0n) is 16.5. The number of carbonyl (C=O) groups is 2. The molecule has 2 aromatic rings. The maximum atomic E-state index is 12.4. The molecule has 0 heterocycles. The van der Waals surface area contributed by atoms with Crippen LogP contribution in [0.15, 0.2) is 48.5 Å². The van der Waals surface area contributed by atoms with E-state index in [-0.39, 0.29) is 31.0 Å². The Morgan fingerprint density at radius 1 is 1.14 bits per heavy atom. The number of para-hydroxylation sites is 1. The third-order valence-corrected chi connectivity index (χ3v) is 5.17. The Kier molecular flexibility index (Phi) is 7.36. The normalized spacial score (nSPS) is 13.7. The van der Waals surface area contributed by atoms with Gasteiger partial charge in [-0.15, -0.1) is 0 Å². The molecular formula is C22H26ClN3O3. The van der Waals surface area contributed by atoms with Crippen LogP contribution in [0.5, 0.6) is 5.75 Å². The molecule has 0 bridgehead atoms. The molecule has 154 valence electrons. The van der Waals surface area contributed by atoms with E-state index in [4.69, 9.17) is 16.3 Å². The summed E-state index contributed by atoms with van der Waals surface area (Å²) in [5, 5.41) is 6.26. The highest BCUT2D eigenvalue weighted by Gasteiger charge is 2.17. The molecule has 7 heteroatoms. The van der Waals surface area contributed by atoms with E-state index in [0.29, 0.717) is 10.7 Å². The molecule has 2 aromatic carbocycles. The third kappa shape index (κ3) is 6.39. The van der Waals surface area contributed by atoms with Crippen LogP contribution in [-0.2, 0) is 9.59 Å². The van der Waals surface area contributed by atoms with E-state index in [9.17, 15) is 9.59 Å². The summed E-state index contributed by atoms with van der Waals surface area (Å²) in [6.07, 6.45) is 4.91. The predicted octanol–water partition coefficient (Wildman–Crippen LogP) is 4.17. The van der Waals surface area contributed by atoms with E-state index in [1.807, 2.05) is 24.3 Å². The summed E-state index contributed by atoms with van der Waals surface area (Å²) in [4.78, 5) is 25.9. The standard InChI is InChI=1S/C22H26ClN3O3/c1-26(15-21(27)25-20-12-5-4-11-19(20)23)22(28)14-24-16-7-6-10-18(13-16)29-17-8-2-3-9-17/h4-7,10-13,17,24H,2-3,8-9,14-15H2,1H3,(H,25,27). The molecule has 2 amide bonds. The zero-order chi connectivity index (χ0) is 20.6. The predicted molar refractivity (Wildman–Crippen MR) is 116 cm³/mol. The van der Waals surface area contributed by atoms with Gasteiger partial charge in [0.15, 0.2) is 0 Å². The number of amides is 2. The second-order valence-corrected chi connectivity index (χ2v) is 7.59. The molecule has 6 nitrogen and oxygen atoms in total. The average Bonchev–Trinajstić information content (AvgIpc) is 3.21. The van der Waals surface area contributed by atoms with Crippen LogP contribution in [0, 0.1) is 0 Å². The molecule has 1 aliphatic carbocycles. The Morgan fingerprint density at radius 3 is 2.66 bits per heavy atom. The quantitative estimate of drug-likeness (QED) is 0.678. The summed E-state index contributed by atoms with van der Waals surface area (Å²) in [6, 6.07) is 14.6. The van der Waals surface area contributed by atoms with Gasteiger partial charge in [-0.3, -0.25) is 9.59 Å². The number of hydrogen-bond acceptors (Lipinski definition) is 4. The lowest BCUT2D eigenvalue weighted by Crippen LogP contribution is -2.38. The van der Waals surface area contributed by atoms with Crippen molar-refractivity contribution in [3.05, 3.63) is 53.6 Å². The monoisotopic (exact) mass is 415 g/mol. The van der Waals surface area contributed by atoms with Crippen molar-refractivity contribution in [1.29, 1.82) is 0 Å². The lowest BCUT2D eigenvalue weighted by Gasteiger charge is -2.18. The first-order valence-electron chi connectivity index (χ1n) is 9.80. The molecule has 0 atom stereocenters. The lowest BCUT2D eigenvalue weighted by molar-refractivity contribution is -0.131. The van der Waals surface area contributed by atoms with Crippen LogP contribution in [0.3, 0.4) is 0 Å². The van der Waals surface area contributed by atoms with Crippen molar-refractivity contribution >= 4 is 34.8 Å². The Hall–Kier alpha value is -2.73. The van der Waals surface area contributed by atoms with Crippen LogP contribution < -0.4 is 15.4 Å². The van der Waals surface area contributed by atoms with Gasteiger partial charge in [-0.25, -0.2) is 0 Å². The van der Waals surface area contributed by atoms with E-state index < -0.39 is 0 Å². The average molecular weight is 416 g/mol. The summed E-state index contributed by atoms with van der Waals surface area (Å²) >= 11 is 6.04. The van der Waals surface area contributed by atoms with E-state index in [1.165, 1.54) is 17.7 Å². The Labute approximate surface area is 176 Å². The Balaban J connectivity index is 1.46. The highest BCUT2D eigenvalue weighted by molar-refractivity contribution is 6.33.